The van der Waals surface area contributed by atoms with E-state index >= 15 is 0 Å². The molecule has 0 bridgehead atoms. The summed E-state index contributed by atoms with van der Waals surface area (Å²) < 4.78 is 3.63. The van der Waals surface area contributed by atoms with E-state index in [1.54, 1.807) is 4.68 Å². The summed E-state index contributed by atoms with van der Waals surface area (Å²) in [5.74, 6) is -0.197. The largest absolute Gasteiger partial charge is 0.352 e. The highest BCUT2D eigenvalue weighted by Crippen LogP contribution is 2.20. The highest BCUT2D eigenvalue weighted by molar-refractivity contribution is 6.31. The van der Waals surface area contributed by atoms with Gasteiger partial charge in [0.15, 0.2) is 0 Å². The van der Waals surface area contributed by atoms with Gasteiger partial charge in [0.2, 0.25) is 5.91 Å². The number of halogens is 1. The lowest BCUT2D eigenvalue weighted by molar-refractivity contribution is -0.125. The molecule has 0 aliphatic heterocycles. The second-order valence-corrected chi connectivity index (χ2v) is 6.44. The lowest BCUT2D eigenvalue weighted by Gasteiger charge is -2.13. The first-order chi connectivity index (χ1) is 10.7. The Morgan fingerprint density at radius 3 is 2.30 bits per heavy atom. The van der Waals surface area contributed by atoms with E-state index in [1.165, 1.54) is 0 Å². The van der Waals surface area contributed by atoms with Gasteiger partial charge < -0.3 is 5.32 Å². The number of rotatable bonds is 5. The van der Waals surface area contributed by atoms with Gasteiger partial charge in [0.05, 0.1) is 34.6 Å². The van der Waals surface area contributed by atoms with Crippen molar-refractivity contribution in [1.82, 2.24) is 24.9 Å². The molecule has 1 amide bonds. The van der Waals surface area contributed by atoms with Gasteiger partial charge in [-0.2, -0.15) is 10.2 Å². The number of hydrogen-bond donors (Lipinski definition) is 1. The molecule has 0 aliphatic carbocycles. The molecule has 2 rings (SSSR count). The maximum Gasteiger partial charge on any atom is 0.224 e. The van der Waals surface area contributed by atoms with E-state index in [9.17, 15) is 4.79 Å². The predicted octanol–water partition coefficient (Wildman–Crippen LogP) is 2.46. The van der Waals surface area contributed by atoms with Crippen LogP contribution in [0.4, 0.5) is 0 Å². The van der Waals surface area contributed by atoms with Gasteiger partial charge in [0, 0.05) is 24.8 Å². The van der Waals surface area contributed by atoms with Gasteiger partial charge in [-0.3, -0.25) is 14.2 Å². The van der Waals surface area contributed by atoms with Crippen LogP contribution < -0.4 is 5.32 Å². The fraction of sp³-hybridized carbons (Fsp3) is 0.562. The molecule has 1 atom stereocenters. The van der Waals surface area contributed by atoms with Crippen molar-refractivity contribution in [3.05, 3.63) is 33.4 Å². The minimum absolute atomic E-state index is 0.00340. The van der Waals surface area contributed by atoms with Crippen molar-refractivity contribution >= 4 is 17.5 Å². The number of carbonyl (C=O) groups excluding carboxylic acids is 1. The zero-order valence-corrected chi connectivity index (χ0v) is 15.3. The van der Waals surface area contributed by atoms with E-state index in [0.29, 0.717) is 18.1 Å². The van der Waals surface area contributed by atoms with Crippen LogP contribution in [-0.2, 0) is 24.9 Å². The van der Waals surface area contributed by atoms with E-state index in [1.807, 2.05) is 46.3 Å². The number of aryl methyl sites for hydroxylation is 3. The minimum atomic E-state index is -0.193. The summed E-state index contributed by atoms with van der Waals surface area (Å²) >= 11 is 6.15. The van der Waals surface area contributed by atoms with Crippen LogP contribution in [0.1, 0.15) is 35.3 Å². The highest BCUT2D eigenvalue weighted by atomic mass is 35.5. The summed E-state index contributed by atoms with van der Waals surface area (Å²) in [6.45, 7) is 10.6. The maximum atomic E-state index is 12.3. The second kappa shape index (κ2) is 6.74. The fourth-order valence-corrected chi connectivity index (χ4v) is 2.75. The van der Waals surface area contributed by atoms with Gasteiger partial charge in [-0.1, -0.05) is 18.5 Å². The Kier molecular flexibility index (Phi) is 5.14. The molecular formula is C16H24ClN5O. The van der Waals surface area contributed by atoms with E-state index in [2.05, 4.69) is 15.5 Å². The highest BCUT2D eigenvalue weighted by Gasteiger charge is 2.18. The molecule has 2 aromatic rings. The van der Waals surface area contributed by atoms with Crippen molar-refractivity contribution in [2.45, 2.75) is 47.7 Å². The second-order valence-electron chi connectivity index (χ2n) is 6.06. The third kappa shape index (κ3) is 3.58. The Labute approximate surface area is 141 Å². The van der Waals surface area contributed by atoms with Crippen LogP contribution in [0.2, 0.25) is 5.02 Å². The third-order valence-corrected chi connectivity index (χ3v) is 4.83. The average Bonchev–Trinajstić information content (AvgIpc) is 2.88. The Bertz CT molecular complexity index is 731. The molecule has 1 N–H and O–H groups in total. The quantitative estimate of drug-likeness (QED) is 0.911. The molecule has 0 spiro atoms. The molecule has 2 aromatic heterocycles. The molecule has 23 heavy (non-hydrogen) atoms. The molecule has 1 unspecified atom stereocenters. The van der Waals surface area contributed by atoms with Crippen molar-refractivity contribution < 1.29 is 4.79 Å². The van der Waals surface area contributed by atoms with Gasteiger partial charge in [-0.05, 0) is 27.7 Å². The number of nitrogens with one attached hydrogen (secondary N) is 1. The smallest absolute Gasteiger partial charge is 0.224 e. The first-order valence-electron chi connectivity index (χ1n) is 7.68. The fourth-order valence-electron chi connectivity index (χ4n) is 2.62. The number of hydrogen-bond acceptors (Lipinski definition) is 3. The van der Waals surface area contributed by atoms with Crippen molar-refractivity contribution in [1.29, 1.82) is 0 Å². The van der Waals surface area contributed by atoms with Crippen molar-refractivity contribution in [3.8, 4) is 0 Å². The lowest BCUT2D eigenvalue weighted by atomic mass is 10.1. The third-order valence-electron chi connectivity index (χ3n) is 4.29. The van der Waals surface area contributed by atoms with E-state index < -0.39 is 0 Å². The van der Waals surface area contributed by atoms with Gasteiger partial charge >= 0.3 is 0 Å². The Balaban J connectivity index is 1.99. The summed E-state index contributed by atoms with van der Waals surface area (Å²) in [7, 11) is 1.91. The summed E-state index contributed by atoms with van der Waals surface area (Å²) in [5, 5.41) is 12.4. The van der Waals surface area contributed by atoms with Crippen LogP contribution in [0.3, 0.4) is 0 Å². The van der Waals surface area contributed by atoms with Gasteiger partial charge in [-0.15, -0.1) is 0 Å². The number of aromatic nitrogens is 4. The van der Waals surface area contributed by atoms with Crippen LogP contribution in [0.25, 0.3) is 0 Å². The normalized spacial score (nSPS) is 12.5. The maximum absolute atomic E-state index is 12.3. The van der Waals surface area contributed by atoms with Crippen molar-refractivity contribution in [2.75, 3.05) is 0 Å². The SMILES string of the molecule is Cc1nn(CC(C)C(=O)NCc2c(C)nn(C)c2C)c(C)c1Cl. The number of carbonyl (C=O) groups is 1. The zero-order chi connectivity index (χ0) is 17.3. The molecule has 0 radical (unpaired) electrons. The van der Waals surface area contributed by atoms with Gasteiger partial charge in [-0.25, -0.2) is 0 Å². The molecule has 6 nitrogen and oxygen atoms in total. The average molecular weight is 338 g/mol. The Morgan fingerprint density at radius 1 is 1.17 bits per heavy atom. The molecule has 0 fully saturated rings. The van der Waals surface area contributed by atoms with Crippen LogP contribution in [0.15, 0.2) is 0 Å². The van der Waals surface area contributed by atoms with Crippen LogP contribution >= 0.6 is 11.6 Å². The Hall–Kier alpha value is -1.82. The lowest BCUT2D eigenvalue weighted by Crippen LogP contribution is -2.31. The molecule has 0 saturated carbocycles. The Morgan fingerprint density at radius 2 is 1.83 bits per heavy atom. The summed E-state index contributed by atoms with van der Waals surface area (Å²) in [4.78, 5) is 12.3. The zero-order valence-electron chi connectivity index (χ0n) is 14.6. The molecular weight excluding hydrogens is 314 g/mol. The molecule has 126 valence electrons. The summed E-state index contributed by atoms with van der Waals surface area (Å²) in [6, 6.07) is 0. The van der Waals surface area contributed by atoms with E-state index in [4.69, 9.17) is 11.6 Å². The van der Waals surface area contributed by atoms with E-state index in [0.717, 1.165) is 28.3 Å². The van der Waals surface area contributed by atoms with Crippen molar-refractivity contribution in [2.24, 2.45) is 13.0 Å². The standard InChI is InChI=1S/C16H24ClN5O/c1-9(8-22-13(5)15(17)11(3)20-22)16(23)18-7-14-10(2)19-21(6)12(14)4/h9H,7-8H2,1-6H3,(H,18,23). The molecule has 0 aromatic carbocycles. The molecule has 0 aliphatic rings. The van der Waals surface area contributed by atoms with Crippen LogP contribution in [0.5, 0.6) is 0 Å². The summed E-state index contributed by atoms with van der Waals surface area (Å²) in [6.07, 6.45) is 0. The molecule has 7 heteroatoms. The van der Waals surface area contributed by atoms with E-state index in [-0.39, 0.29) is 11.8 Å². The first-order valence-corrected chi connectivity index (χ1v) is 8.06. The van der Waals surface area contributed by atoms with Crippen LogP contribution in [0, 0.1) is 33.6 Å². The van der Waals surface area contributed by atoms with Gasteiger partial charge in [0.25, 0.3) is 0 Å². The van der Waals surface area contributed by atoms with Crippen LogP contribution in [-0.4, -0.2) is 25.5 Å². The summed E-state index contributed by atoms with van der Waals surface area (Å²) in [5.41, 5.74) is 4.77. The monoisotopic (exact) mass is 337 g/mol. The topological polar surface area (TPSA) is 64.7 Å². The van der Waals surface area contributed by atoms with Gasteiger partial charge in [0.1, 0.15) is 0 Å². The number of nitrogens with zero attached hydrogens (tertiary/aromatic N) is 4. The molecule has 2 heterocycles. The predicted molar refractivity (Wildman–Crippen MR) is 90.4 cm³/mol. The van der Waals surface area contributed by atoms with Crippen molar-refractivity contribution in [3.63, 3.8) is 0 Å². The first kappa shape index (κ1) is 17.5. The molecule has 0 saturated heterocycles. The minimum Gasteiger partial charge on any atom is -0.352 e. The number of amides is 1.